The predicted molar refractivity (Wildman–Crippen MR) is 63.5 cm³/mol. The Morgan fingerprint density at radius 1 is 1.19 bits per heavy atom. The van der Waals surface area contributed by atoms with E-state index in [-0.39, 0.29) is 0 Å². The van der Waals surface area contributed by atoms with Gasteiger partial charge in [0.05, 0.1) is 5.02 Å². The average Bonchev–Trinajstić information content (AvgIpc) is 2.71. The van der Waals surface area contributed by atoms with Gasteiger partial charge in [-0.05, 0) is 30.3 Å². The number of rotatable bonds is 2. The third kappa shape index (κ3) is 2.21. The summed E-state index contributed by atoms with van der Waals surface area (Å²) >= 11 is 11.9. The smallest absolute Gasteiger partial charge is 0.149 e. The third-order valence-corrected chi connectivity index (χ3v) is 2.57. The topological polar surface area (TPSA) is 45.7 Å². The van der Waals surface area contributed by atoms with E-state index in [0.717, 1.165) is 0 Å². The fraction of sp³-hybridized carbons (Fsp3) is 0. The molecule has 0 amide bonds. The number of benzene rings is 1. The molecule has 0 aliphatic carbocycles. The van der Waals surface area contributed by atoms with Crippen LogP contribution in [0.15, 0.2) is 39.9 Å². The molecule has 0 saturated carbocycles. The monoisotopic (exact) mass is 255 g/mol. The summed E-state index contributed by atoms with van der Waals surface area (Å²) in [7, 11) is 0. The first-order chi connectivity index (χ1) is 7.70. The van der Waals surface area contributed by atoms with Crippen LogP contribution in [0, 0.1) is 0 Å². The van der Waals surface area contributed by atoms with Crippen LogP contribution >= 0.6 is 23.2 Å². The Morgan fingerprint density at radius 3 is 2.75 bits per heavy atom. The van der Waals surface area contributed by atoms with Gasteiger partial charge in [-0.1, -0.05) is 28.4 Å². The number of halogens is 2. The summed E-state index contributed by atoms with van der Waals surface area (Å²) in [6, 6.07) is 8.51. The van der Waals surface area contributed by atoms with Crippen LogP contribution in [-0.4, -0.2) is 11.4 Å². The fourth-order valence-corrected chi connectivity index (χ4v) is 1.69. The van der Waals surface area contributed by atoms with Crippen LogP contribution in [0.25, 0.3) is 11.3 Å². The highest BCUT2D eigenvalue weighted by atomic mass is 35.5. The van der Waals surface area contributed by atoms with Crippen molar-refractivity contribution in [1.82, 2.24) is 0 Å². The molecule has 0 fully saturated rings. The number of nitrogens with zero attached hydrogens (tertiary/aromatic N) is 1. The summed E-state index contributed by atoms with van der Waals surface area (Å²) in [5, 5.41) is 12.4. The zero-order valence-corrected chi connectivity index (χ0v) is 9.53. The molecular weight excluding hydrogens is 249 g/mol. The highest BCUT2D eigenvalue weighted by Gasteiger charge is 2.08. The van der Waals surface area contributed by atoms with Gasteiger partial charge in [-0.25, -0.2) is 0 Å². The molecule has 0 saturated heterocycles. The molecule has 3 nitrogen and oxygen atoms in total. The molecule has 5 heteroatoms. The zero-order valence-electron chi connectivity index (χ0n) is 8.02. The van der Waals surface area contributed by atoms with Gasteiger partial charge in [-0.2, -0.15) is 0 Å². The SMILES string of the molecule is ON=Cc1ccc(-c2cc(Cl)ccc2Cl)o1. The molecule has 16 heavy (non-hydrogen) atoms. The molecule has 1 heterocycles. The Labute approximate surface area is 102 Å². The van der Waals surface area contributed by atoms with Crippen molar-refractivity contribution in [2.75, 3.05) is 0 Å². The lowest BCUT2D eigenvalue weighted by atomic mass is 10.2. The molecular formula is C11H7Cl2NO2. The quantitative estimate of drug-likeness (QED) is 0.500. The van der Waals surface area contributed by atoms with E-state index in [1.165, 1.54) is 6.21 Å². The van der Waals surface area contributed by atoms with Gasteiger partial charge in [0.15, 0.2) is 0 Å². The van der Waals surface area contributed by atoms with E-state index in [0.29, 0.717) is 27.1 Å². The minimum atomic E-state index is 0.438. The highest BCUT2D eigenvalue weighted by Crippen LogP contribution is 2.31. The van der Waals surface area contributed by atoms with Gasteiger partial charge in [0, 0.05) is 10.6 Å². The first-order valence-corrected chi connectivity index (χ1v) is 5.19. The van der Waals surface area contributed by atoms with Gasteiger partial charge in [0.2, 0.25) is 0 Å². The normalized spacial score (nSPS) is 11.1. The van der Waals surface area contributed by atoms with E-state index >= 15 is 0 Å². The Morgan fingerprint density at radius 2 is 2.00 bits per heavy atom. The Balaban J connectivity index is 2.45. The molecule has 0 spiro atoms. The molecule has 0 radical (unpaired) electrons. The molecule has 0 aliphatic rings. The second kappa shape index (κ2) is 4.60. The van der Waals surface area contributed by atoms with E-state index in [1.54, 1.807) is 30.3 Å². The first kappa shape index (κ1) is 11.0. The van der Waals surface area contributed by atoms with E-state index in [9.17, 15) is 0 Å². The van der Waals surface area contributed by atoms with Crippen molar-refractivity contribution in [1.29, 1.82) is 0 Å². The van der Waals surface area contributed by atoms with Crippen molar-refractivity contribution >= 4 is 29.4 Å². The lowest BCUT2D eigenvalue weighted by Crippen LogP contribution is -1.77. The van der Waals surface area contributed by atoms with Crippen LogP contribution < -0.4 is 0 Å². The number of furan rings is 1. The second-order valence-electron chi connectivity index (χ2n) is 3.07. The van der Waals surface area contributed by atoms with Crippen molar-refractivity contribution in [3.05, 3.63) is 46.1 Å². The molecule has 1 N–H and O–H groups in total. The van der Waals surface area contributed by atoms with Gasteiger partial charge < -0.3 is 9.62 Å². The first-order valence-electron chi connectivity index (χ1n) is 4.43. The molecule has 0 aliphatic heterocycles. The van der Waals surface area contributed by atoms with Gasteiger partial charge in [0.25, 0.3) is 0 Å². The lowest BCUT2D eigenvalue weighted by Gasteiger charge is -2.00. The molecule has 1 aromatic carbocycles. The maximum atomic E-state index is 8.36. The van der Waals surface area contributed by atoms with Crippen LogP contribution in [0.1, 0.15) is 5.76 Å². The lowest BCUT2D eigenvalue weighted by molar-refractivity contribution is 0.321. The van der Waals surface area contributed by atoms with Gasteiger partial charge in [0.1, 0.15) is 17.7 Å². The second-order valence-corrected chi connectivity index (χ2v) is 3.91. The summed E-state index contributed by atoms with van der Waals surface area (Å²) in [5.74, 6) is 1.01. The van der Waals surface area contributed by atoms with Crippen molar-refractivity contribution in [3.63, 3.8) is 0 Å². The standard InChI is InChI=1S/C11H7Cl2NO2/c12-7-1-3-10(13)9(5-7)11-4-2-8(16-11)6-14-15/h1-6,15H. The summed E-state index contributed by atoms with van der Waals surface area (Å²) in [5.41, 5.74) is 0.701. The van der Waals surface area contributed by atoms with E-state index in [4.69, 9.17) is 32.8 Å². The minimum absolute atomic E-state index is 0.438. The molecule has 2 rings (SSSR count). The van der Waals surface area contributed by atoms with Crippen LogP contribution in [0.4, 0.5) is 0 Å². The van der Waals surface area contributed by atoms with Gasteiger partial charge >= 0.3 is 0 Å². The van der Waals surface area contributed by atoms with E-state index in [2.05, 4.69) is 5.16 Å². The van der Waals surface area contributed by atoms with Crippen molar-refractivity contribution in [3.8, 4) is 11.3 Å². The van der Waals surface area contributed by atoms with Crippen LogP contribution in [-0.2, 0) is 0 Å². The summed E-state index contributed by atoms with van der Waals surface area (Å²) in [6.07, 6.45) is 1.20. The summed E-state index contributed by atoms with van der Waals surface area (Å²) in [6.45, 7) is 0. The van der Waals surface area contributed by atoms with Crippen LogP contribution in [0.5, 0.6) is 0 Å². The Bertz CT molecular complexity index is 535. The number of oxime groups is 1. The maximum Gasteiger partial charge on any atom is 0.149 e. The highest BCUT2D eigenvalue weighted by molar-refractivity contribution is 6.35. The van der Waals surface area contributed by atoms with Gasteiger partial charge in [-0.15, -0.1) is 0 Å². The van der Waals surface area contributed by atoms with Crippen molar-refractivity contribution < 1.29 is 9.62 Å². The van der Waals surface area contributed by atoms with Crippen LogP contribution in [0.3, 0.4) is 0 Å². The Hall–Kier alpha value is -1.45. The largest absolute Gasteiger partial charge is 0.455 e. The molecule has 82 valence electrons. The molecule has 2 aromatic rings. The average molecular weight is 256 g/mol. The maximum absolute atomic E-state index is 8.36. The molecule has 0 unspecified atom stereocenters. The molecule has 0 bridgehead atoms. The van der Waals surface area contributed by atoms with E-state index < -0.39 is 0 Å². The van der Waals surface area contributed by atoms with Crippen molar-refractivity contribution in [2.24, 2.45) is 5.16 Å². The summed E-state index contributed by atoms with van der Waals surface area (Å²) < 4.78 is 5.39. The third-order valence-electron chi connectivity index (χ3n) is 2.01. The van der Waals surface area contributed by atoms with Gasteiger partial charge in [-0.3, -0.25) is 0 Å². The number of hydrogen-bond acceptors (Lipinski definition) is 3. The summed E-state index contributed by atoms with van der Waals surface area (Å²) in [4.78, 5) is 0. The van der Waals surface area contributed by atoms with Crippen LogP contribution in [0.2, 0.25) is 10.0 Å². The molecule has 1 aromatic heterocycles. The van der Waals surface area contributed by atoms with Crippen molar-refractivity contribution in [2.45, 2.75) is 0 Å². The fourth-order valence-electron chi connectivity index (χ4n) is 1.31. The predicted octanol–water partition coefficient (Wildman–Crippen LogP) is 4.06. The minimum Gasteiger partial charge on any atom is -0.455 e. The van der Waals surface area contributed by atoms with E-state index in [1.807, 2.05) is 0 Å². The zero-order chi connectivity index (χ0) is 11.5. The Kier molecular flexibility index (Phi) is 3.17. The molecule has 0 atom stereocenters. The number of hydrogen-bond donors (Lipinski definition) is 1.